The quantitative estimate of drug-likeness (QED) is 0.707. The molecule has 0 aliphatic heterocycles. The molecule has 0 saturated carbocycles. The van der Waals surface area contributed by atoms with E-state index in [-0.39, 0.29) is 5.95 Å². The van der Waals surface area contributed by atoms with Gasteiger partial charge in [-0.1, -0.05) is 11.6 Å². The van der Waals surface area contributed by atoms with Gasteiger partial charge in [0, 0.05) is 11.6 Å². The van der Waals surface area contributed by atoms with Crippen LogP contribution in [0.3, 0.4) is 0 Å². The van der Waals surface area contributed by atoms with Gasteiger partial charge < -0.3 is 10.2 Å². The molecule has 0 fully saturated rings. The largest absolute Gasteiger partial charge is 0.472 e. The van der Waals surface area contributed by atoms with Crippen molar-refractivity contribution in [3.8, 4) is 11.3 Å². The minimum absolute atomic E-state index is 0.156. The van der Waals surface area contributed by atoms with E-state index >= 15 is 0 Å². The van der Waals surface area contributed by atoms with Gasteiger partial charge in [-0.3, -0.25) is 0 Å². The van der Waals surface area contributed by atoms with Crippen LogP contribution in [0.5, 0.6) is 0 Å². The zero-order valence-electron chi connectivity index (χ0n) is 6.57. The summed E-state index contributed by atoms with van der Waals surface area (Å²) in [7, 11) is 0. The molecule has 0 aliphatic rings. The lowest BCUT2D eigenvalue weighted by Gasteiger charge is -1.97. The fourth-order valence-corrected chi connectivity index (χ4v) is 1.18. The molecule has 2 aromatic heterocycles. The minimum atomic E-state index is 0.156. The molecule has 0 aromatic carbocycles. The van der Waals surface area contributed by atoms with Crippen molar-refractivity contribution in [2.24, 2.45) is 0 Å². The fraction of sp³-hybridized carbons (Fsp3) is 0. The Morgan fingerprint density at radius 2 is 2.23 bits per heavy atom. The molecule has 5 heteroatoms. The molecular weight excluding hydrogens is 190 g/mol. The van der Waals surface area contributed by atoms with Gasteiger partial charge in [-0.2, -0.15) is 0 Å². The molecule has 0 radical (unpaired) electrons. The van der Waals surface area contributed by atoms with Crippen molar-refractivity contribution >= 4 is 17.5 Å². The van der Waals surface area contributed by atoms with Crippen molar-refractivity contribution in [2.75, 3.05) is 5.73 Å². The first-order chi connectivity index (χ1) is 6.25. The minimum Gasteiger partial charge on any atom is -0.472 e. The van der Waals surface area contributed by atoms with Crippen LogP contribution in [0.1, 0.15) is 0 Å². The first-order valence-corrected chi connectivity index (χ1v) is 3.96. The van der Waals surface area contributed by atoms with Crippen molar-refractivity contribution in [1.82, 2.24) is 9.97 Å². The smallest absolute Gasteiger partial charge is 0.221 e. The second-order valence-corrected chi connectivity index (χ2v) is 2.83. The van der Waals surface area contributed by atoms with Crippen molar-refractivity contribution in [3.05, 3.63) is 29.8 Å². The summed E-state index contributed by atoms with van der Waals surface area (Å²) in [6, 6.07) is 3.40. The molecule has 0 amide bonds. The molecule has 2 N–H and O–H groups in total. The SMILES string of the molecule is Nc1nc(Cl)cc(-c2ccoc2)n1. The molecule has 0 saturated heterocycles. The molecule has 0 unspecified atom stereocenters. The van der Waals surface area contributed by atoms with E-state index in [1.165, 1.54) is 0 Å². The van der Waals surface area contributed by atoms with Crippen LogP contribution in [0, 0.1) is 0 Å². The summed E-state index contributed by atoms with van der Waals surface area (Å²) in [6.07, 6.45) is 3.12. The van der Waals surface area contributed by atoms with Gasteiger partial charge in [-0.15, -0.1) is 0 Å². The molecule has 0 bridgehead atoms. The number of nitrogens with two attached hydrogens (primary N) is 1. The molecular formula is C8H6ClN3O. The topological polar surface area (TPSA) is 64.9 Å². The van der Waals surface area contributed by atoms with Gasteiger partial charge in [0.1, 0.15) is 5.15 Å². The van der Waals surface area contributed by atoms with E-state index in [9.17, 15) is 0 Å². The van der Waals surface area contributed by atoms with Crippen molar-refractivity contribution in [1.29, 1.82) is 0 Å². The predicted octanol–water partition coefficient (Wildman–Crippen LogP) is 1.97. The summed E-state index contributed by atoms with van der Waals surface area (Å²) in [6.45, 7) is 0. The fourth-order valence-electron chi connectivity index (χ4n) is 0.993. The zero-order chi connectivity index (χ0) is 9.26. The number of anilines is 1. The van der Waals surface area contributed by atoms with Crippen LogP contribution in [-0.4, -0.2) is 9.97 Å². The van der Waals surface area contributed by atoms with Crippen LogP contribution in [0.15, 0.2) is 29.1 Å². The van der Waals surface area contributed by atoms with E-state index in [1.807, 2.05) is 0 Å². The van der Waals surface area contributed by atoms with Gasteiger partial charge in [-0.05, 0) is 6.07 Å². The van der Waals surface area contributed by atoms with Gasteiger partial charge in [-0.25, -0.2) is 9.97 Å². The Labute approximate surface area is 79.4 Å². The molecule has 2 aromatic rings. The van der Waals surface area contributed by atoms with E-state index in [2.05, 4.69) is 9.97 Å². The number of nitrogen functional groups attached to an aromatic ring is 1. The Hall–Kier alpha value is -1.55. The van der Waals surface area contributed by atoms with Crippen LogP contribution in [0.4, 0.5) is 5.95 Å². The lowest BCUT2D eigenvalue weighted by Crippen LogP contribution is -1.95. The molecule has 13 heavy (non-hydrogen) atoms. The number of hydrogen-bond donors (Lipinski definition) is 1. The Kier molecular flexibility index (Phi) is 1.90. The van der Waals surface area contributed by atoms with Gasteiger partial charge in [0.2, 0.25) is 5.95 Å². The number of hydrogen-bond acceptors (Lipinski definition) is 4. The normalized spacial score (nSPS) is 10.2. The number of rotatable bonds is 1. The average Bonchev–Trinajstić information content (AvgIpc) is 2.53. The highest BCUT2D eigenvalue weighted by Crippen LogP contribution is 2.20. The Morgan fingerprint density at radius 1 is 1.38 bits per heavy atom. The highest BCUT2D eigenvalue weighted by atomic mass is 35.5. The number of nitrogens with zero attached hydrogens (tertiary/aromatic N) is 2. The maximum Gasteiger partial charge on any atom is 0.221 e. The van der Waals surface area contributed by atoms with Crippen LogP contribution >= 0.6 is 11.6 Å². The third-order valence-electron chi connectivity index (χ3n) is 1.53. The molecule has 66 valence electrons. The van der Waals surface area contributed by atoms with E-state index < -0.39 is 0 Å². The zero-order valence-corrected chi connectivity index (χ0v) is 7.32. The monoisotopic (exact) mass is 195 g/mol. The van der Waals surface area contributed by atoms with E-state index in [0.29, 0.717) is 10.8 Å². The van der Waals surface area contributed by atoms with Crippen LogP contribution < -0.4 is 5.73 Å². The number of aromatic nitrogens is 2. The second-order valence-electron chi connectivity index (χ2n) is 2.45. The maximum absolute atomic E-state index is 5.71. The lowest BCUT2D eigenvalue weighted by atomic mass is 10.2. The van der Waals surface area contributed by atoms with Crippen LogP contribution in [-0.2, 0) is 0 Å². The summed E-state index contributed by atoms with van der Waals surface area (Å²) in [4.78, 5) is 7.74. The Balaban J connectivity index is 2.53. The number of halogens is 1. The standard InChI is InChI=1S/C8H6ClN3O/c9-7-3-6(11-8(10)12-7)5-1-2-13-4-5/h1-4H,(H2,10,11,12). The van der Waals surface area contributed by atoms with Crippen molar-refractivity contribution in [2.45, 2.75) is 0 Å². The lowest BCUT2D eigenvalue weighted by molar-refractivity contribution is 0.568. The first kappa shape index (κ1) is 8.07. The summed E-state index contributed by atoms with van der Waals surface area (Å²) >= 11 is 5.71. The molecule has 2 heterocycles. The molecule has 2 rings (SSSR count). The Bertz CT molecular complexity index is 393. The van der Waals surface area contributed by atoms with E-state index in [0.717, 1.165) is 5.56 Å². The number of furan rings is 1. The van der Waals surface area contributed by atoms with Crippen LogP contribution in [0.2, 0.25) is 5.15 Å². The highest BCUT2D eigenvalue weighted by Gasteiger charge is 2.03. The molecule has 0 spiro atoms. The summed E-state index contributed by atoms with van der Waals surface area (Å²) in [5.74, 6) is 0.156. The van der Waals surface area contributed by atoms with E-state index in [1.54, 1.807) is 24.7 Å². The molecule has 4 nitrogen and oxygen atoms in total. The second kappa shape index (κ2) is 3.06. The van der Waals surface area contributed by atoms with Gasteiger partial charge in [0.05, 0.1) is 18.2 Å². The van der Waals surface area contributed by atoms with Gasteiger partial charge in [0.15, 0.2) is 0 Å². The van der Waals surface area contributed by atoms with Gasteiger partial charge >= 0.3 is 0 Å². The maximum atomic E-state index is 5.71. The van der Waals surface area contributed by atoms with Crippen molar-refractivity contribution < 1.29 is 4.42 Å². The molecule has 0 aliphatic carbocycles. The Morgan fingerprint density at radius 3 is 2.85 bits per heavy atom. The average molecular weight is 196 g/mol. The van der Waals surface area contributed by atoms with Crippen molar-refractivity contribution in [3.63, 3.8) is 0 Å². The predicted molar refractivity (Wildman–Crippen MR) is 49.2 cm³/mol. The summed E-state index contributed by atoms with van der Waals surface area (Å²) < 4.78 is 4.90. The first-order valence-electron chi connectivity index (χ1n) is 3.58. The highest BCUT2D eigenvalue weighted by molar-refractivity contribution is 6.29. The molecule has 0 atom stereocenters. The third-order valence-corrected chi connectivity index (χ3v) is 1.72. The summed E-state index contributed by atoms with van der Waals surface area (Å²) in [5, 5.41) is 0.323. The van der Waals surface area contributed by atoms with Crippen LogP contribution in [0.25, 0.3) is 11.3 Å². The third kappa shape index (κ3) is 1.62. The van der Waals surface area contributed by atoms with E-state index in [4.69, 9.17) is 21.8 Å². The van der Waals surface area contributed by atoms with Gasteiger partial charge in [0.25, 0.3) is 0 Å². The summed E-state index contributed by atoms with van der Waals surface area (Å²) in [5.41, 5.74) is 6.92.